The fourth-order valence-corrected chi connectivity index (χ4v) is 0.381. The smallest absolute Gasteiger partial charge is 0.0700 e. The monoisotopic (exact) mass is 100 g/mol. The van der Waals surface area contributed by atoms with Gasteiger partial charge in [-0.3, -0.25) is 0 Å². The van der Waals surface area contributed by atoms with E-state index in [-0.39, 0.29) is 0 Å². The summed E-state index contributed by atoms with van der Waals surface area (Å²) in [6, 6.07) is 0. The summed E-state index contributed by atoms with van der Waals surface area (Å²) in [7, 11) is 3.24. The van der Waals surface area contributed by atoms with E-state index in [1.54, 1.807) is 0 Å². The van der Waals surface area contributed by atoms with Gasteiger partial charge in [0, 0.05) is 6.61 Å². The molecule has 0 N–H and O–H groups in total. The van der Waals surface area contributed by atoms with Crippen molar-refractivity contribution in [3.05, 3.63) is 14.0 Å². The van der Waals surface area contributed by atoms with Crippen LogP contribution in [-0.2, 0) is 4.74 Å². The third kappa shape index (κ3) is 5.96. The first-order valence-electron chi connectivity index (χ1n) is 2.58. The minimum atomic E-state index is 0.773. The van der Waals surface area contributed by atoms with Gasteiger partial charge in [0.15, 0.2) is 0 Å². The summed E-state index contributed by atoms with van der Waals surface area (Å²) in [5.74, 6) is 0. The maximum absolute atomic E-state index is 4.57. The molecule has 0 aliphatic rings. The molecule has 0 amide bonds. The lowest BCUT2D eigenvalue weighted by molar-refractivity contribution is 0.235. The minimum absolute atomic E-state index is 0.773. The number of ether oxygens (including phenoxy) is 1. The highest BCUT2D eigenvalue weighted by molar-refractivity contribution is 4.40. The number of unbranched alkanes of at least 4 members (excludes halogenated alkanes) is 2. The van der Waals surface area contributed by atoms with Gasteiger partial charge >= 0.3 is 0 Å². The molecule has 0 aliphatic heterocycles. The second-order valence-corrected chi connectivity index (χ2v) is 1.47. The molecule has 2 radical (unpaired) electrons. The molecule has 1 heteroatoms. The molecule has 0 unspecified atom stereocenters. The first-order chi connectivity index (χ1) is 3.41. The number of hydrogen-bond acceptors (Lipinski definition) is 1. The molecule has 0 saturated heterocycles. The lowest BCUT2D eigenvalue weighted by atomic mass is 10.3. The highest BCUT2D eigenvalue weighted by atomic mass is 16.5. The first-order valence-corrected chi connectivity index (χ1v) is 2.58. The Bertz CT molecular complexity index is 23.4. The van der Waals surface area contributed by atoms with Crippen molar-refractivity contribution in [2.24, 2.45) is 0 Å². The first kappa shape index (κ1) is 6.96. The van der Waals surface area contributed by atoms with Crippen LogP contribution >= 0.6 is 0 Å². The largest absolute Gasteiger partial charge is 0.379 e. The van der Waals surface area contributed by atoms with Gasteiger partial charge in [-0.2, -0.15) is 0 Å². The summed E-state index contributed by atoms with van der Waals surface area (Å²) in [5.41, 5.74) is 0. The van der Waals surface area contributed by atoms with Crippen molar-refractivity contribution in [3.8, 4) is 0 Å². The van der Waals surface area contributed by atoms with E-state index >= 15 is 0 Å². The van der Waals surface area contributed by atoms with Gasteiger partial charge in [-0.1, -0.05) is 19.8 Å². The van der Waals surface area contributed by atoms with Gasteiger partial charge in [-0.05, 0) is 6.42 Å². The van der Waals surface area contributed by atoms with E-state index in [1.807, 2.05) is 0 Å². The summed E-state index contributed by atoms with van der Waals surface area (Å²) in [6.45, 7) is 4.45. The fraction of sp³-hybridized carbons (Fsp3) is 0.667. The Hall–Kier alpha value is -0.0400. The van der Waals surface area contributed by atoms with Gasteiger partial charge < -0.3 is 4.74 Å². The van der Waals surface area contributed by atoms with Crippen LogP contribution in [0.5, 0.6) is 0 Å². The summed E-state index contributed by atoms with van der Waals surface area (Å²) in [5, 5.41) is 0. The molecule has 0 atom stereocenters. The summed E-state index contributed by atoms with van der Waals surface area (Å²) in [6.07, 6.45) is 3.24. The summed E-state index contributed by atoms with van der Waals surface area (Å²) in [4.78, 5) is 0. The van der Waals surface area contributed by atoms with Crippen LogP contribution in [0.2, 0.25) is 0 Å². The lowest BCUT2D eigenvalue weighted by Gasteiger charge is -1.92. The maximum Gasteiger partial charge on any atom is 0.0700 e. The Morgan fingerprint density at radius 2 is 2.00 bits per heavy atom. The van der Waals surface area contributed by atoms with E-state index in [2.05, 4.69) is 18.8 Å². The Labute approximate surface area is 45.7 Å². The molecular weight excluding hydrogens is 88.1 g/mol. The molecule has 0 bridgehead atoms. The average molecular weight is 100 g/mol. The lowest BCUT2D eigenvalue weighted by Crippen LogP contribution is -1.83. The van der Waals surface area contributed by atoms with Gasteiger partial charge in [-0.25, -0.2) is 0 Å². The molecule has 0 fully saturated rings. The van der Waals surface area contributed by atoms with E-state index < -0.39 is 0 Å². The second-order valence-electron chi connectivity index (χ2n) is 1.47. The number of hydrogen-bond donors (Lipinski definition) is 0. The quantitative estimate of drug-likeness (QED) is 0.489. The molecule has 0 aromatic rings. The van der Waals surface area contributed by atoms with E-state index in [9.17, 15) is 0 Å². The zero-order valence-electron chi connectivity index (χ0n) is 4.65. The topological polar surface area (TPSA) is 9.23 Å². The van der Waals surface area contributed by atoms with Crippen LogP contribution in [0.3, 0.4) is 0 Å². The van der Waals surface area contributed by atoms with E-state index in [0.717, 1.165) is 25.9 Å². The van der Waals surface area contributed by atoms with Crippen LogP contribution in [0.4, 0.5) is 0 Å². The van der Waals surface area contributed by atoms with Crippen molar-refractivity contribution in [2.45, 2.75) is 19.3 Å². The van der Waals surface area contributed by atoms with Crippen molar-refractivity contribution >= 4 is 0 Å². The maximum atomic E-state index is 4.57. The van der Waals surface area contributed by atoms with Gasteiger partial charge in [0.1, 0.15) is 0 Å². The van der Waals surface area contributed by atoms with Crippen LogP contribution in [0.1, 0.15) is 19.3 Å². The molecule has 0 aliphatic carbocycles. The summed E-state index contributed by atoms with van der Waals surface area (Å²) >= 11 is 0. The van der Waals surface area contributed by atoms with Crippen molar-refractivity contribution in [1.82, 2.24) is 0 Å². The van der Waals surface area contributed by atoms with Crippen LogP contribution in [0.25, 0.3) is 0 Å². The van der Waals surface area contributed by atoms with Crippen molar-refractivity contribution in [2.75, 3.05) is 6.61 Å². The predicted molar refractivity (Wildman–Crippen MR) is 30.5 cm³/mol. The predicted octanol–water partition coefficient (Wildman–Crippen LogP) is 1.80. The normalized spacial score (nSPS) is 9.43. The van der Waals surface area contributed by atoms with Gasteiger partial charge in [0.25, 0.3) is 0 Å². The van der Waals surface area contributed by atoms with Crippen LogP contribution in [-0.4, -0.2) is 6.61 Å². The third-order valence-electron chi connectivity index (χ3n) is 0.789. The van der Waals surface area contributed by atoms with Crippen LogP contribution in [0, 0.1) is 14.0 Å². The van der Waals surface area contributed by atoms with Crippen LogP contribution < -0.4 is 0 Å². The van der Waals surface area contributed by atoms with Gasteiger partial charge in [-0.15, -0.1) is 0 Å². The summed E-state index contributed by atoms with van der Waals surface area (Å²) < 4.78 is 4.57. The third-order valence-corrected chi connectivity index (χ3v) is 0.789. The fourth-order valence-electron chi connectivity index (χ4n) is 0.381. The Balaban J connectivity index is 2.45. The van der Waals surface area contributed by atoms with Crippen molar-refractivity contribution in [1.29, 1.82) is 0 Å². The van der Waals surface area contributed by atoms with E-state index in [0.29, 0.717) is 0 Å². The Kier molecular flexibility index (Phi) is 5.93. The highest BCUT2D eigenvalue weighted by Gasteiger charge is 1.80. The number of rotatable bonds is 4. The standard InChI is InChI=1S/C6H12O/c1-3-4-5-6-7-2/h1-6H2. The molecule has 0 spiro atoms. The van der Waals surface area contributed by atoms with E-state index in [1.165, 1.54) is 0 Å². The Morgan fingerprint density at radius 3 is 2.43 bits per heavy atom. The van der Waals surface area contributed by atoms with Gasteiger partial charge in [0.05, 0.1) is 7.11 Å². The second kappa shape index (κ2) is 5.96. The minimum Gasteiger partial charge on any atom is -0.379 e. The van der Waals surface area contributed by atoms with Crippen molar-refractivity contribution in [3.63, 3.8) is 0 Å². The molecule has 0 rings (SSSR count). The SMILES string of the molecule is [CH2]CCCCO[CH2]. The Morgan fingerprint density at radius 1 is 1.29 bits per heavy atom. The molecule has 0 aromatic carbocycles. The van der Waals surface area contributed by atoms with E-state index in [4.69, 9.17) is 0 Å². The molecule has 0 heterocycles. The molecule has 42 valence electrons. The average Bonchev–Trinajstić information content (AvgIpc) is 1.69. The molecule has 1 nitrogen and oxygen atoms in total. The van der Waals surface area contributed by atoms with Crippen molar-refractivity contribution < 1.29 is 4.74 Å². The highest BCUT2D eigenvalue weighted by Crippen LogP contribution is 1.91. The molecule has 0 saturated carbocycles. The van der Waals surface area contributed by atoms with Gasteiger partial charge in [0.2, 0.25) is 0 Å². The molecule has 7 heavy (non-hydrogen) atoms. The zero-order valence-corrected chi connectivity index (χ0v) is 4.65. The zero-order chi connectivity index (χ0) is 5.54. The molecular formula is C6H12O. The van der Waals surface area contributed by atoms with Crippen LogP contribution in [0.15, 0.2) is 0 Å². The molecule has 0 aromatic heterocycles.